The minimum atomic E-state index is 0.588. The quantitative estimate of drug-likeness (QED) is 0.889. The molecule has 0 aromatic heterocycles. The number of rotatable bonds is 4. The molecule has 0 atom stereocenters. The van der Waals surface area contributed by atoms with Crippen LogP contribution in [0.15, 0.2) is 28.7 Å². The van der Waals surface area contributed by atoms with Gasteiger partial charge in [0, 0.05) is 4.47 Å². The van der Waals surface area contributed by atoms with E-state index in [1.165, 1.54) is 5.56 Å². The molecule has 1 N–H and O–H groups in total. The van der Waals surface area contributed by atoms with Crippen molar-refractivity contribution in [2.45, 2.75) is 12.5 Å². The van der Waals surface area contributed by atoms with Gasteiger partial charge in [-0.05, 0) is 30.7 Å². The zero-order valence-corrected chi connectivity index (χ0v) is 9.59. The minimum Gasteiger partial charge on any atom is -0.378 e. The zero-order valence-electron chi connectivity index (χ0n) is 8.00. The van der Waals surface area contributed by atoms with Crippen LogP contribution in [0.4, 0.5) is 0 Å². The molecule has 0 unspecified atom stereocenters. The summed E-state index contributed by atoms with van der Waals surface area (Å²) in [6.45, 7) is 2.79. The number of ether oxygens (including phenoxy) is 1. The van der Waals surface area contributed by atoms with Crippen LogP contribution in [0.2, 0.25) is 0 Å². The Morgan fingerprint density at radius 2 is 2.00 bits per heavy atom. The molecule has 14 heavy (non-hydrogen) atoms. The van der Waals surface area contributed by atoms with Gasteiger partial charge in [0.1, 0.15) is 0 Å². The van der Waals surface area contributed by atoms with E-state index in [9.17, 15) is 0 Å². The van der Waals surface area contributed by atoms with E-state index >= 15 is 0 Å². The molecule has 1 fully saturated rings. The summed E-state index contributed by atoms with van der Waals surface area (Å²) in [7, 11) is 0. The molecule has 1 aromatic carbocycles. The zero-order chi connectivity index (χ0) is 9.80. The topological polar surface area (TPSA) is 21.3 Å². The lowest BCUT2D eigenvalue weighted by molar-refractivity contribution is -0.00467. The Morgan fingerprint density at radius 3 is 2.57 bits per heavy atom. The van der Waals surface area contributed by atoms with Gasteiger partial charge in [0.25, 0.3) is 0 Å². The van der Waals surface area contributed by atoms with Gasteiger partial charge in [-0.25, -0.2) is 0 Å². The number of hydrogen-bond acceptors (Lipinski definition) is 2. The highest BCUT2D eigenvalue weighted by molar-refractivity contribution is 9.10. The highest BCUT2D eigenvalue weighted by Crippen LogP contribution is 2.10. The summed E-state index contributed by atoms with van der Waals surface area (Å²) in [5.74, 6) is 0. The van der Waals surface area contributed by atoms with Crippen molar-refractivity contribution in [2.75, 3.05) is 19.8 Å². The first-order valence-electron chi connectivity index (χ1n) is 4.90. The molecule has 1 heterocycles. The van der Waals surface area contributed by atoms with Gasteiger partial charge in [-0.2, -0.15) is 0 Å². The van der Waals surface area contributed by atoms with E-state index in [0.29, 0.717) is 6.04 Å². The third kappa shape index (κ3) is 2.80. The molecule has 0 bridgehead atoms. The Labute approximate surface area is 92.8 Å². The van der Waals surface area contributed by atoms with Crippen molar-refractivity contribution < 1.29 is 4.74 Å². The smallest absolute Gasteiger partial charge is 0.0643 e. The van der Waals surface area contributed by atoms with Crippen LogP contribution in [-0.2, 0) is 11.2 Å². The van der Waals surface area contributed by atoms with Crippen LogP contribution < -0.4 is 5.32 Å². The lowest BCUT2D eigenvalue weighted by Crippen LogP contribution is -2.46. The van der Waals surface area contributed by atoms with Crippen molar-refractivity contribution >= 4 is 15.9 Å². The summed E-state index contributed by atoms with van der Waals surface area (Å²) < 4.78 is 6.23. The molecular formula is C11H14BrNO. The molecule has 0 spiro atoms. The maximum absolute atomic E-state index is 5.08. The summed E-state index contributed by atoms with van der Waals surface area (Å²) in [5, 5.41) is 3.45. The predicted molar refractivity (Wildman–Crippen MR) is 60.5 cm³/mol. The van der Waals surface area contributed by atoms with Gasteiger partial charge in [-0.1, -0.05) is 28.1 Å². The average Bonchev–Trinajstić information content (AvgIpc) is 2.12. The lowest BCUT2D eigenvalue weighted by atomic mass is 10.1. The van der Waals surface area contributed by atoms with Crippen LogP contribution in [0.5, 0.6) is 0 Å². The summed E-state index contributed by atoms with van der Waals surface area (Å²) >= 11 is 3.43. The molecular weight excluding hydrogens is 242 g/mol. The van der Waals surface area contributed by atoms with Gasteiger partial charge in [0.15, 0.2) is 0 Å². The number of benzene rings is 1. The molecule has 0 saturated carbocycles. The first-order valence-corrected chi connectivity index (χ1v) is 5.69. The molecule has 1 aromatic rings. The lowest BCUT2D eigenvalue weighted by Gasteiger charge is -2.26. The van der Waals surface area contributed by atoms with Gasteiger partial charge in [-0.15, -0.1) is 0 Å². The van der Waals surface area contributed by atoms with E-state index in [1.807, 2.05) is 0 Å². The van der Waals surface area contributed by atoms with Crippen molar-refractivity contribution in [1.82, 2.24) is 5.32 Å². The molecule has 0 aliphatic carbocycles. The van der Waals surface area contributed by atoms with E-state index in [0.717, 1.165) is 30.7 Å². The van der Waals surface area contributed by atoms with Gasteiger partial charge in [0.05, 0.1) is 19.3 Å². The fourth-order valence-electron chi connectivity index (χ4n) is 1.43. The second kappa shape index (κ2) is 4.91. The van der Waals surface area contributed by atoms with Crippen molar-refractivity contribution in [3.05, 3.63) is 34.3 Å². The van der Waals surface area contributed by atoms with Crippen LogP contribution in [0.1, 0.15) is 5.56 Å². The van der Waals surface area contributed by atoms with Gasteiger partial charge >= 0.3 is 0 Å². The van der Waals surface area contributed by atoms with Crippen molar-refractivity contribution in [3.63, 3.8) is 0 Å². The average molecular weight is 256 g/mol. The van der Waals surface area contributed by atoms with E-state index < -0.39 is 0 Å². The third-order valence-electron chi connectivity index (χ3n) is 2.40. The predicted octanol–water partition coefficient (Wildman–Crippen LogP) is 1.98. The summed E-state index contributed by atoms with van der Waals surface area (Å²) in [6.07, 6.45) is 1.09. The highest BCUT2D eigenvalue weighted by atomic mass is 79.9. The summed E-state index contributed by atoms with van der Waals surface area (Å²) in [4.78, 5) is 0. The Morgan fingerprint density at radius 1 is 1.29 bits per heavy atom. The first kappa shape index (κ1) is 10.1. The highest BCUT2D eigenvalue weighted by Gasteiger charge is 2.16. The standard InChI is InChI=1S/C11H14BrNO/c12-10-3-1-9(2-4-10)5-6-13-11-7-14-8-11/h1-4,11,13H,5-8H2. The van der Waals surface area contributed by atoms with Crippen molar-refractivity contribution in [2.24, 2.45) is 0 Å². The van der Waals surface area contributed by atoms with Crippen LogP contribution >= 0.6 is 15.9 Å². The van der Waals surface area contributed by atoms with E-state index in [2.05, 4.69) is 45.5 Å². The van der Waals surface area contributed by atoms with Crippen LogP contribution in [0.3, 0.4) is 0 Å². The maximum atomic E-state index is 5.08. The van der Waals surface area contributed by atoms with E-state index in [-0.39, 0.29) is 0 Å². The second-order valence-electron chi connectivity index (χ2n) is 3.56. The normalized spacial score (nSPS) is 16.6. The Kier molecular flexibility index (Phi) is 3.56. The third-order valence-corrected chi connectivity index (χ3v) is 2.93. The summed E-state index contributed by atoms with van der Waals surface area (Å²) in [6, 6.07) is 9.07. The largest absolute Gasteiger partial charge is 0.378 e. The molecule has 1 aliphatic rings. The molecule has 2 nitrogen and oxygen atoms in total. The Balaban J connectivity index is 1.71. The Hall–Kier alpha value is -0.380. The van der Waals surface area contributed by atoms with Gasteiger partial charge in [0.2, 0.25) is 0 Å². The number of nitrogens with one attached hydrogen (secondary N) is 1. The Bertz CT molecular complexity index is 282. The summed E-state index contributed by atoms with van der Waals surface area (Å²) in [5.41, 5.74) is 1.38. The fraction of sp³-hybridized carbons (Fsp3) is 0.455. The van der Waals surface area contributed by atoms with E-state index in [4.69, 9.17) is 4.74 Å². The van der Waals surface area contributed by atoms with Crippen LogP contribution in [0.25, 0.3) is 0 Å². The minimum absolute atomic E-state index is 0.588. The monoisotopic (exact) mass is 255 g/mol. The van der Waals surface area contributed by atoms with E-state index in [1.54, 1.807) is 0 Å². The fourth-order valence-corrected chi connectivity index (χ4v) is 1.69. The van der Waals surface area contributed by atoms with Crippen molar-refractivity contribution in [1.29, 1.82) is 0 Å². The van der Waals surface area contributed by atoms with Gasteiger partial charge in [-0.3, -0.25) is 0 Å². The van der Waals surface area contributed by atoms with Gasteiger partial charge < -0.3 is 10.1 Å². The molecule has 1 saturated heterocycles. The molecule has 0 radical (unpaired) electrons. The second-order valence-corrected chi connectivity index (χ2v) is 4.48. The molecule has 0 amide bonds. The molecule has 76 valence electrons. The SMILES string of the molecule is Brc1ccc(CCNC2COC2)cc1. The number of halogens is 1. The molecule has 2 rings (SSSR count). The van der Waals surface area contributed by atoms with Crippen molar-refractivity contribution in [3.8, 4) is 0 Å². The van der Waals surface area contributed by atoms with Crippen LogP contribution in [-0.4, -0.2) is 25.8 Å². The molecule has 3 heteroatoms. The first-order chi connectivity index (χ1) is 6.84. The molecule has 1 aliphatic heterocycles. The maximum Gasteiger partial charge on any atom is 0.0643 e. The van der Waals surface area contributed by atoms with Crippen LogP contribution in [0, 0.1) is 0 Å². The number of hydrogen-bond donors (Lipinski definition) is 1.